The minimum atomic E-state index is -0.620. The van der Waals surface area contributed by atoms with Gasteiger partial charge in [0.1, 0.15) is 6.04 Å². The Kier molecular flexibility index (Phi) is 3.58. The molecule has 1 amide bonds. The van der Waals surface area contributed by atoms with Gasteiger partial charge in [-0.05, 0) is 25.0 Å². The van der Waals surface area contributed by atoms with E-state index in [1.54, 1.807) is 13.2 Å². The molecule has 1 aliphatic heterocycles. The van der Waals surface area contributed by atoms with Gasteiger partial charge >= 0.3 is 0 Å². The van der Waals surface area contributed by atoms with Gasteiger partial charge in [0.2, 0.25) is 5.91 Å². The summed E-state index contributed by atoms with van der Waals surface area (Å²) >= 11 is 6.39. The number of anilines is 2. The van der Waals surface area contributed by atoms with E-state index < -0.39 is 6.04 Å². The lowest BCUT2D eigenvalue weighted by atomic mass is 10.1. The van der Waals surface area contributed by atoms with Gasteiger partial charge in [-0.2, -0.15) is 0 Å². The van der Waals surface area contributed by atoms with Crippen LogP contribution in [0.3, 0.4) is 0 Å². The number of amides is 1. The van der Waals surface area contributed by atoms with Crippen LogP contribution >= 0.6 is 11.6 Å². The van der Waals surface area contributed by atoms with Gasteiger partial charge in [0.15, 0.2) is 0 Å². The summed E-state index contributed by atoms with van der Waals surface area (Å²) in [7, 11) is 1.69. The van der Waals surface area contributed by atoms with Gasteiger partial charge in [-0.3, -0.25) is 4.79 Å². The number of fused-ring (bicyclic) bond motifs is 1. The molecule has 1 unspecified atom stereocenters. The fourth-order valence-corrected chi connectivity index (χ4v) is 2.87. The second-order valence-electron chi connectivity index (χ2n) is 5.28. The van der Waals surface area contributed by atoms with Gasteiger partial charge < -0.3 is 20.7 Å². The third kappa shape index (κ3) is 2.37. The number of nitrogens with zero attached hydrogens (tertiary/aromatic N) is 1. The predicted molar refractivity (Wildman–Crippen MR) is 79.3 cm³/mol. The van der Waals surface area contributed by atoms with Crippen LogP contribution in [-0.4, -0.2) is 32.2 Å². The third-order valence-electron chi connectivity index (χ3n) is 3.83. The number of hydrogen-bond donors (Lipinski definition) is 2. The molecule has 1 aliphatic carbocycles. The van der Waals surface area contributed by atoms with Crippen molar-refractivity contribution >= 4 is 28.9 Å². The lowest BCUT2D eigenvalue weighted by Gasteiger charge is -2.26. The monoisotopic (exact) mass is 295 g/mol. The Labute approximate surface area is 123 Å². The standard InChI is InChI=1S/C14H18ClN3O2/c1-20-5-4-18(8-2-3-8)12-7-11-9(6-10(12)15)13(16)14(19)17-11/h6-8,13H,2-5,16H2,1H3,(H,17,19). The summed E-state index contributed by atoms with van der Waals surface area (Å²) in [6.45, 7) is 1.44. The number of carbonyl (C=O) groups is 1. The Morgan fingerprint density at radius 3 is 2.90 bits per heavy atom. The van der Waals surface area contributed by atoms with Crippen molar-refractivity contribution in [3.8, 4) is 0 Å². The molecule has 1 aromatic rings. The van der Waals surface area contributed by atoms with Gasteiger partial charge in [-0.25, -0.2) is 0 Å². The van der Waals surface area contributed by atoms with Crippen LogP contribution in [-0.2, 0) is 9.53 Å². The van der Waals surface area contributed by atoms with Gasteiger partial charge in [0, 0.05) is 30.9 Å². The Bertz CT molecular complexity index is 545. The maximum absolute atomic E-state index is 11.6. The molecule has 1 saturated carbocycles. The van der Waals surface area contributed by atoms with Crippen LogP contribution in [0.25, 0.3) is 0 Å². The molecule has 1 heterocycles. The first kappa shape index (κ1) is 13.7. The number of ether oxygens (including phenoxy) is 1. The second-order valence-corrected chi connectivity index (χ2v) is 5.68. The number of nitrogens with one attached hydrogen (secondary N) is 1. The molecule has 1 aromatic carbocycles. The molecule has 1 atom stereocenters. The van der Waals surface area contributed by atoms with Crippen LogP contribution < -0.4 is 16.0 Å². The van der Waals surface area contributed by atoms with Crippen LogP contribution in [0, 0.1) is 0 Å². The number of benzene rings is 1. The topological polar surface area (TPSA) is 67.6 Å². The molecular formula is C14H18ClN3O2. The molecule has 0 spiro atoms. The van der Waals surface area contributed by atoms with Crippen molar-refractivity contribution in [3.63, 3.8) is 0 Å². The fraction of sp³-hybridized carbons (Fsp3) is 0.500. The van der Waals surface area contributed by atoms with Crippen LogP contribution in [0.1, 0.15) is 24.4 Å². The summed E-state index contributed by atoms with van der Waals surface area (Å²) in [4.78, 5) is 13.9. The average molecular weight is 296 g/mol. The first-order chi connectivity index (χ1) is 9.61. The first-order valence-electron chi connectivity index (χ1n) is 6.77. The van der Waals surface area contributed by atoms with Gasteiger partial charge in [-0.1, -0.05) is 11.6 Å². The van der Waals surface area contributed by atoms with Crippen LogP contribution in [0.4, 0.5) is 11.4 Å². The minimum Gasteiger partial charge on any atom is -0.383 e. The van der Waals surface area contributed by atoms with E-state index in [1.807, 2.05) is 6.07 Å². The lowest BCUT2D eigenvalue weighted by Crippen LogP contribution is -2.29. The fourth-order valence-electron chi connectivity index (χ4n) is 2.59. The molecule has 5 nitrogen and oxygen atoms in total. The van der Waals surface area contributed by atoms with Crippen molar-refractivity contribution < 1.29 is 9.53 Å². The van der Waals surface area contributed by atoms with E-state index in [2.05, 4.69) is 10.2 Å². The normalized spacial score (nSPS) is 20.8. The van der Waals surface area contributed by atoms with Crippen molar-refractivity contribution in [2.75, 3.05) is 30.5 Å². The zero-order valence-electron chi connectivity index (χ0n) is 11.4. The lowest BCUT2D eigenvalue weighted by molar-refractivity contribution is -0.116. The van der Waals surface area contributed by atoms with E-state index in [-0.39, 0.29) is 5.91 Å². The highest BCUT2D eigenvalue weighted by Crippen LogP contribution is 2.41. The molecule has 0 radical (unpaired) electrons. The third-order valence-corrected chi connectivity index (χ3v) is 4.13. The zero-order chi connectivity index (χ0) is 14.3. The molecule has 0 saturated heterocycles. The maximum Gasteiger partial charge on any atom is 0.245 e. The SMILES string of the molecule is COCCN(c1cc2c(cc1Cl)C(N)C(=O)N2)C1CC1. The van der Waals surface area contributed by atoms with Crippen molar-refractivity contribution in [3.05, 3.63) is 22.7 Å². The molecule has 3 N–H and O–H groups in total. The smallest absolute Gasteiger partial charge is 0.245 e. The number of rotatable bonds is 5. The van der Waals surface area contributed by atoms with E-state index >= 15 is 0 Å². The Morgan fingerprint density at radius 2 is 2.25 bits per heavy atom. The van der Waals surface area contributed by atoms with Crippen LogP contribution in [0.5, 0.6) is 0 Å². The second kappa shape index (κ2) is 5.24. The van der Waals surface area contributed by atoms with E-state index in [1.165, 1.54) is 12.8 Å². The summed E-state index contributed by atoms with van der Waals surface area (Å²) < 4.78 is 5.16. The first-order valence-corrected chi connectivity index (χ1v) is 7.15. The Hall–Kier alpha value is -1.30. The highest BCUT2D eigenvalue weighted by Gasteiger charge is 2.33. The van der Waals surface area contributed by atoms with Gasteiger partial charge in [-0.15, -0.1) is 0 Å². The van der Waals surface area contributed by atoms with E-state index in [9.17, 15) is 4.79 Å². The summed E-state index contributed by atoms with van der Waals surface area (Å²) in [5, 5.41) is 3.44. The highest BCUT2D eigenvalue weighted by molar-refractivity contribution is 6.33. The van der Waals surface area contributed by atoms with Crippen molar-refractivity contribution in [2.24, 2.45) is 5.73 Å². The molecule has 0 bridgehead atoms. The van der Waals surface area contributed by atoms with Crippen LogP contribution in [0.2, 0.25) is 5.02 Å². The van der Waals surface area contributed by atoms with Crippen molar-refractivity contribution in [2.45, 2.75) is 24.9 Å². The quantitative estimate of drug-likeness (QED) is 0.871. The summed E-state index contributed by atoms with van der Waals surface area (Å²) in [6, 6.07) is 3.63. The number of methoxy groups -OCH3 is 1. The van der Waals surface area contributed by atoms with E-state index in [0.717, 1.165) is 23.5 Å². The highest BCUT2D eigenvalue weighted by atomic mass is 35.5. The predicted octanol–water partition coefficient (Wildman–Crippen LogP) is 1.91. The molecular weight excluding hydrogens is 278 g/mol. The van der Waals surface area contributed by atoms with Gasteiger partial charge in [0.05, 0.1) is 17.3 Å². The van der Waals surface area contributed by atoms with Crippen LogP contribution in [0.15, 0.2) is 12.1 Å². The molecule has 20 heavy (non-hydrogen) atoms. The zero-order valence-corrected chi connectivity index (χ0v) is 12.1. The van der Waals surface area contributed by atoms with Gasteiger partial charge in [0.25, 0.3) is 0 Å². The number of hydrogen-bond acceptors (Lipinski definition) is 4. The Morgan fingerprint density at radius 1 is 1.50 bits per heavy atom. The summed E-state index contributed by atoms with van der Waals surface area (Å²) in [5.74, 6) is -0.178. The molecule has 2 aliphatic rings. The molecule has 3 rings (SSSR count). The molecule has 0 aromatic heterocycles. The average Bonchev–Trinajstić information content (AvgIpc) is 3.21. The number of halogens is 1. The number of carbonyl (C=O) groups excluding carboxylic acids is 1. The maximum atomic E-state index is 11.6. The van der Waals surface area contributed by atoms with E-state index in [0.29, 0.717) is 17.7 Å². The van der Waals surface area contributed by atoms with Crippen molar-refractivity contribution in [1.82, 2.24) is 0 Å². The van der Waals surface area contributed by atoms with E-state index in [4.69, 9.17) is 22.1 Å². The Balaban J connectivity index is 1.93. The molecule has 1 fully saturated rings. The molecule has 108 valence electrons. The summed E-state index contributed by atoms with van der Waals surface area (Å²) in [5.41, 5.74) is 8.32. The number of nitrogens with two attached hydrogens (primary N) is 1. The summed E-state index contributed by atoms with van der Waals surface area (Å²) in [6.07, 6.45) is 2.34. The van der Waals surface area contributed by atoms with Crippen molar-refractivity contribution in [1.29, 1.82) is 0 Å². The molecule has 6 heteroatoms. The largest absolute Gasteiger partial charge is 0.383 e. The minimum absolute atomic E-state index is 0.178.